The Bertz CT molecular complexity index is 676. The van der Waals surface area contributed by atoms with E-state index in [-0.39, 0.29) is 0 Å². The van der Waals surface area contributed by atoms with E-state index < -0.39 is 36.7 Å². The quantitative estimate of drug-likeness (QED) is 0.127. The lowest BCUT2D eigenvalue weighted by molar-refractivity contribution is -0.152. The van der Waals surface area contributed by atoms with E-state index in [9.17, 15) is 14.4 Å². The number of nitrogens with two attached hydrogens (primary N) is 1. The van der Waals surface area contributed by atoms with Crippen molar-refractivity contribution >= 4 is 17.9 Å². The molecule has 0 heterocycles. The Morgan fingerprint density at radius 3 is 1.22 bits per heavy atom. The molecule has 3 aliphatic carbocycles. The fraction of sp³-hybridized carbons (Fsp3) is 0.912. The van der Waals surface area contributed by atoms with Gasteiger partial charge in [-0.2, -0.15) is 0 Å². The molecule has 3 fully saturated rings. The van der Waals surface area contributed by atoms with Gasteiger partial charge in [-0.25, -0.2) is 0 Å². The Balaban J connectivity index is 0.000000415. The van der Waals surface area contributed by atoms with Crippen LogP contribution in [0, 0.1) is 29.1 Å². The molecule has 3 aliphatic rings. The first-order chi connectivity index (χ1) is 19.8. The van der Waals surface area contributed by atoms with Crippen LogP contribution in [0.25, 0.3) is 0 Å². The number of unbranched alkanes of at least 4 members (excludes halogenated alkanes) is 6. The Morgan fingerprint density at radius 2 is 0.902 bits per heavy atom. The van der Waals surface area contributed by atoms with E-state index in [1.165, 1.54) is 103 Å². The molecule has 0 spiro atoms. The predicted molar refractivity (Wildman–Crippen MR) is 164 cm³/mol. The molecule has 0 aromatic heterocycles. The molecule has 5 N–H and O–H groups in total. The van der Waals surface area contributed by atoms with Crippen molar-refractivity contribution in [3.8, 4) is 0 Å². The first-order valence-electron chi connectivity index (χ1n) is 17.2. The second-order valence-electron chi connectivity index (χ2n) is 13.4. The summed E-state index contributed by atoms with van der Waals surface area (Å²) >= 11 is 0. The van der Waals surface area contributed by atoms with Crippen molar-refractivity contribution in [1.29, 1.82) is 0 Å². The highest BCUT2D eigenvalue weighted by molar-refractivity contribution is 5.82. The van der Waals surface area contributed by atoms with Gasteiger partial charge in [0, 0.05) is 0 Å². The van der Waals surface area contributed by atoms with Crippen molar-refractivity contribution in [1.82, 2.24) is 0 Å². The predicted octanol–water partition coefficient (Wildman–Crippen LogP) is 8.43. The van der Waals surface area contributed by atoms with Crippen molar-refractivity contribution in [2.45, 2.75) is 161 Å². The minimum absolute atomic E-state index is 0.665. The van der Waals surface area contributed by atoms with Crippen LogP contribution >= 0.6 is 0 Å². The third-order valence-corrected chi connectivity index (χ3v) is 10.6. The summed E-state index contributed by atoms with van der Waals surface area (Å²) in [6, 6.07) is 0. The summed E-state index contributed by atoms with van der Waals surface area (Å²) in [4.78, 5) is 30.3. The molecule has 238 valence electrons. The summed E-state index contributed by atoms with van der Waals surface area (Å²) in [5, 5.41) is 24.7. The molecule has 0 bridgehead atoms. The van der Waals surface area contributed by atoms with E-state index in [2.05, 4.69) is 0 Å². The Morgan fingerprint density at radius 1 is 0.561 bits per heavy atom. The topological polar surface area (TPSA) is 138 Å². The van der Waals surface area contributed by atoms with Gasteiger partial charge in [0.2, 0.25) is 0 Å². The van der Waals surface area contributed by atoms with Crippen molar-refractivity contribution in [2.24, 2.45) is 34.8 Å². The van der Waals surface area contributed by atoms with Gasteiger partial charge in [-0.1, -0.05) is 96.3 Å². The van der Waals surface area contributed by atoms with Crippen molar-refractivity contribution in [2.75, 3.05) is 6.54 Å². The zero-order valence-corrected chi connectivity index (χ0v) is 25.8. The Kier molecular flexibility index (Phi) is 17.6. The Labute approximate surface area is 249 Å². The molecule has 7 nitrogen and oxygen atoms in total. The minimum Gasteiger partial charge on any atom is -0.481 e. The van der Waals surface area contributed by atoms with Crippen LogP contribution in [-0.4, -0.2) is 39.8 Å². The average Bonchev–Trinajstić information content (AvgIpc) is 2.97. The third kappa shape index (κ3) is 12.6. The van der Waals surface area contributed by atoms with Crippen LogP contribution in [0.5, 0.6) is 0 Å². The zero-order chi connectivity index (χ0) is 29.9. The number of rotatable bonds is 17. The van der Waals surface area contributed by atoms with Crippen LogP contribution in [0.15, 0.2) is 0 Å². The van der Waals surface area contributed by atoms with Gasteiger partial charge in [0.15, 0.2) is 0 Å². The SMILES string of the molecule is NCCCCCCCCCC(C1CCCCC1)(C1CCCCC1)C1CCCCC1.O=C(O)CC(CC(=O)O)C(=O)O. The van der Waals surface area contributed by atoms with Gasteiger partial charge in [0.1, 0.15) is 0 Å². The number of carboxylic acids is 3. The minimum atomic E-state index is -1.40. The van der Waals surface area contributed by atoms with E-state index in [1.54, 1.807) is 44.9 Å². The molecule has 3 rings (SSSR count). The highest BCUT2D eigenvalue weighted by Crippen LogP contribution is 2.59. The smallest absolute Gasteiger partial charge is 0.307 e. The van der Waals surface area contributed by atoms with Gasteiger partial charge >= 0.3 is 17.9 Å². The summed E-state index contributed by atoms with van der Waals surface area (Å²) in [6.45, 7) is 0.882. The lowest BCUT2D eigenvalue weighted by Crippen LogP contribution is -2.47. The molecule has 0 unspecified atom stereocenters. The molecular weight excluding hydrogens is 518 g/mol. The summed E-state index contributed by atoms with van der Waals surface area (Å²) in [5.41, 5.74) is 6.39. The maximum Gasteiger partial charge on any atom is 0.307 e. The second kappa shape index (κ2) is 20.3. The third-order valence-electron chi connectivity index (χ3n) is 10.6. The average molecular weight is 580 g/mol. The van der Waals surface area contributed by atoms with Crippen molar-refractivity contribution < 1.29 is 29.7 Å². The van der Waals surface area contributed by atoms with Crippen LogP contribution in [0.1, 0.15) is 161 Å². The lowest BCUT2D eigenvalue weighted by Gasteiger charge is -2.55. The lowest BCUT2D eigenvalue weighted by atomic mass is 9.50. The van der Waals surface area contributed by atoms with E-state index >= 15 is 0 Å². The first kappa shape index (κ1) is 35.6. The van der Waals surface area contributed by atoms with Gasteiger partial charge in [0.25, 0.3) is 0 Å². The fourth-order valence-electron chi connectivity index (χ4n) is 8.66. The largest absolute Gasteiger partial charge is 0.481 e. The number of hydrogen-bond acceptors (Lipinski definition) is 4. The van der Waals surface area contributed by atoms with Gasteiger partial charge < -0.3 is 21.1 Å². The van der Waals surface area contributed by atoms with Crippen molar-refractivity contribution in [3.63, 3.8) is 0 Å². The van der Waals surface area contributed by atoms with Gasteiger partial charge in [0.05, 0.1) is 18.8 Å². The van der Waals surface area contributed by atoms with E-state index in [4.69, 9.17) is 21.1 Å². The van der Waals surface area contributed by atoms with E-state index in [1.807, 2.05) is 0 Å². The summed E-state index contributed by atoms with van der Waals surface area (Å²) in [5.74, 6) is -2.15. The molecule has 0 saturated heterocycles. The first-order valence-corrected chi connectivity index (χ1v) is 17.2. The molecule has 0 radical (unpaired) electrons. The summed E-state index contributed by atoms with van der Waals surface area (Å²) in [7, 11) is 0. The summed E-state index contributed by atoms with van der Waals surface area (Å²) in [6.07, 6.45) is 33.4. The van der Waals surface area contributed by atoms with Crippen LogP contribution in [0.4, 0.5) is 0 Å². The van der Waals surface area contributed by atoms with Gasteiger partial charge in [-0.05, 0) is 81.1 Å². The highest BCUT2D eigenvalue weighted by atomic mass is 16.4. The standard InChI is InChI=1S/C28H53N.C6H8O6/c29-24-16-5-3-1-2-4-15-23-28(25-17-9-6-10-18-25,26-19-11-7-12-20-26)27-21-13-8-14-22-27;7-4(8)1-3(6(11)12)2-5(9)10/h25-27H,1-24,29H2;3H,1-2H2,(H,7,8)(H,9,10)(H,11,12). The van der Waals surface area contributed by atoms with Crippen LogP contribution in [-0.2, 0) is 14.4 Å². The van der Waals surface area contributed by atoms with Crippen LogP contribution < -0.4 is 5.73 Å². The number of carboxylic acid groups (broad SMARTS) is 3. The number of carbonyl (C=O) groups is 3. The molecule has 0 aromatic carbocycles. The number of hydrogen-bond donors (Lipinski definition) is 4. The molecule has 0 aliphatic heterocycles. The maximum absolute atomic E-state index is 10.2. The molecular formula is C34H61NO6. The van der Waals surface area contributed by atoms with E-state index in [0.717, 1.165) is 29.7 Å². The second-order valence-corrected chi connectivity index (χ2v) is 13.4. The van der Waals surface area contributed by atoms with E-state index in [0.29, 0.717) is 0 Å². The Hall–Kier alpha value is -1.63. The van der Waals surface area contributed by atoms with Gasteiger partial charge in [-0.3, -0.25) is 14.4 Å². The van der Waals surface area contributed by atoms with Gasteiger partial charge in [-0.15, -0.1) is 0 Å². The normalized spacial score (nSPS) is 19.5. The van der Waals surface area contributed by atoms with Crippen molar-refractivity contribution in [3.05, 3.63) is 0 Å². The molecule has 3 saturated carbocycles. The van der Waals surface area contributed by atoms with Crippen LogP contribution in [0.3, 0.4) is 0 Å². The molecule has 7 heteroatoms. The zero-order valence-electron chi connectivity index (χ0n) is 25.8. The monoisotopic (exact) mass is 579 g/mol. The molecule has 41 heavy (non-hydrogen) atoms. The fourth-order valence-corrected chi connectivity index (χ4v) is 8.66. The molecule has 0 aromatic rings. The molecule has 0 amide bonds. The highest BCUT2D eigenvalue weighted by Gasteiger charge is 2.49. The number of aliphatic carboxylic acids is 3. The van der Waals surface area contributed by atoms with Crippen LogP contribution in [0.2, 0.25) is 0 Å². The maximum atomic E-state index is 10.2. The molecule has 0 atom stereocenters. The summed E-state index contributed by atoms with van der Waals surface area (Å²) < 4.78 is 0.